The van der Waals surface area contributed by atoms with Crippen LogP contribution >= 0.6 is 11.8 Å². The Morgan fingerprint density at radius 1 is 1.08 bits per heavy atom. The van der Waals surface area contributed by atoms with Crippen LogP contribution in [0.2, 0.25) is 0 Å². The second-order valence-electron chi connectivity index (χ2n) is 5.18. The molecule has 2 rings (SSSR count). The van der Waals surface area contributed by atoms with Crippen LogP contribution in [0.5, 0.6) is 0 Å². The van der Waals surface area contributed by atoms with Crippen LogP contribution in [0.25, 0.3) is 0 Å². The second-order valence-corrected chi connectivity index (χ2v) is 6.03. The van der Waals surface area contributed by atoms with Crippen LogP contribution in [0.3, 0.4) is 0 Å². The largest absolute Gasteiger partial charge is 0.449 e. The Hall–Kier alpha value is -2.80. The number of hydrogen-bond acceptors (Lipinski definition) is 5. The van der Waals surface area contributed by atoms with E-state index in [0.717, 1.165) is 4.90 Å². The highest BCUT2D eigenvalue weighted by molar-refractivity contribution is 7.98. The summed E-state index contributed by atoms with van der Waals surface area (Å²) in [5.41, 5.74) is 6.39. The molecular weight excluding hydrogens is 340 g/mol. The van der Waals surface area contributed by atoms with Crippen molar-refractivity contribution in [3.05, 3.63) is 59.7 Å². The number of anilines is 1. The summed E-state index contributed by atoms with van der Waals surface area (Å²) < 4.78 is 5.24. The van der Waals surface area contributed by atoms with Gasteiger partial charge in [0.25, 0.3) is 5.91 Å². The van der Waals surface area contributed by atoms with Crippen molar-refractivity contribution in [1.82, 2.24) is 0 Å². The average Bonchev–Trinajstić information content (AvgIpc) is 2.61. The minimum Gasteiger partial charge on any atom is -0.449 e. The second kappa shape index (κ2) is 8.34. The predicted molar refractivity (Wildman–Crippen MR) is 96.7 cm³/mol. The van der Waals surface area contributed by atoms with Gasteiger partial charge >= 0.3 is 5.97 Å². The smallest absolute Gasteiger partial charge is 0.340 e. The Kier molecular flexibility index (Phi) is 6.19. The fourth-order valence-electron chi connectivity index (χ4n) is 2.05. The Morgan fingerprint density at radius 2 is 1.72 bits per heavy atom. The van der Waals surface area contributed by atoms with Crippen LogP contribution in [-0.2, 0) is 9.53 Å². The number of esters is 1. The number of carbonyl (C=O) groups excluding carboxylic acids is 3. The lowest BCUT2D eigenvalue weighted by atomic mass is 10.2. The third-order valence-corrected chi connectivity index (χ3v) is 4.21. The van der Waals surface area contributed by atoms with Crippen molar-refractivity contribution < 1.29 is 19.1 Å². The van der Waals surface area contributed by atoms with Gasteiger partial charge in [-0.15, -0.1) is 11.8 Å². The monoisotopic (exact) mass is 358 g/mol. The third kappa shape index (κ3) is 4.84. The SMILES string of the molecule is CSc1ccccc1C(=O)O[C@@H](C)C(=O)Nc1ccc(C(N)=O)cc1. The molecule has 0 spiro atoms. The van der Waals surface area contributed by atoms with Crippen molar-refractivity contribution in [3.63, 3.8) is 0 Å². The summed E-state index contributed by atoms with van der Waals surface area (Å²) in [6.45, 7) is 1.49. The first-order valence-electron chi connectivity index (χ1n) is 7.47. The van der Waals surface area contributed by atoms with E-state index in [9.17, 15) is 14.4 Å². The molecule has 0 saturated carbocycles. The first-order valence-corrected chi connectivity index (χ1v) is 8.69. The van der Waals surface area contributed by atoms with E-state index in [1.807, 2.05) is 18.4 Å². The molecule has 6 nitrogen and oxygen atoms in total. The van der Waals surface area contributed by atoms with Crippen molar-refractivity contribution >= 4 is 35.2 Å². The maximum atomic E-state index is 12.2. The number of thioether (sulfide) groups is 1. The number of carbonyl (C=O) groups is 3. The standard InChI is InChI=1S/C18H18N2O4S/c1-11(24-18(23)14-5-3-4-6-15(14)25-2)17(22)20-13-9-7-12(8-10-13)16(19)21/h3-11H,1-2H3,(H2,19,21)(H,20,22)/t11-/m0/s1. The molecule has 0 unspecified atom stereocenters. The number of amides is 2. The highest BCUT2D eigenvalue weighted by Gasteiger charge is 2.20. The fraction of sp³-hybridized carbons (Fsp3) is 0.167. The molecule has 3 N–H and O–H groups in total. The van der Waals surface area contributed by atoms with E-state index in [-0.39, 0.29) is 0 Å². The lowest BCUT2D eigenvalue weighted by Crippen LogP contribution is -2.30. The summed E-state index contributed by atoms with van der Waals surface area (Å²) in [5, 5.41) is 2.62. The maximum Gasteiger partial charge on any atom is 0.340 e. The van der Waals surface area contributed by atoms with Gasteiger partial charge in [0.2, 0.25) is 5.91 Å². The first-order chi connectivity index (χ1) is 11.9. The Bertz CT molecular complexity index is 790. The summed E-state index contributed by atoms with van der Waals surface area (Å²) in [5.74, 6) is -1.58. The molecule has 130 valence electrons. The molecule has 25 heavy (non-hydrogen) atoms. The number of ether oxygens (including phenoxy) is 1. The van der Waals surface area contributed by atoms with Gasteiger partial charge in [-0.25, -0.2) is 4.79 Å². The molecule has 2 aromatic carbocycles. The molecule has 7 heteroatoms. The van der Waals surface area contributed by atoms with Gasteiger partial charge in [0.15, 0.2) is 6.10 Å². The summed E-state index contributed by atoms with van der Waals surface area (Å²) in [6, 6.07) is 13.1. The first kappa shape index (κ1) is 18.5. The highest BCUT2D eigenvalue weighted by Crippen LogP contribution is 2.21. The van der Waals surface area contributed by atoms with Crippen LogP contribution in [-0.4, -0.2) is 30.1 Å². The number of primary amides is 1. The Morgan fingerprint density at radius 3 is 2.32 bits per heavy atom. The topological polar surface area (TPSA) is 98.5 Å². The third-order valence-electron chi connectivity index (χ3n) is 3.42. The molecule has 0 bridgehead atoms. The van der Waals surface area contributed by atoms with Crippen molar-refractivity contribution in [2.75, 3.05) is 11.6 Å². The number of nitrogens with two attached hydrogens (primary N) is 1. The number of hydrogen-bond donors (Lipinski definition) is 2. The van der Waals surface area contributed by atoms with Gasteiger partial charge in [-0.05, 0) is 49.6 Å². The van der Waals surface area contributed by atoms with Crippen molar-refractivity contribution in [1.29, 1.82) is 0 Å². The molecule has 0 aliphatic rings. The Balaban J connectivity index is 2.00. The van der Waals surface area contributed by atoms with E-state index < -0.39 is 23.9 Å². The summed E-state index contributed by atoms with van der Waals surface area (Å²) in [4.78, 5) is 36.2. The van der Waals surface area contributed by atoms with E-state index >= 15 is 0 Å². The van der Waals surface area contributed by atoms with E-state index in [1.54, 1.807) is 24.3 Å². The lowest BCUT2D eigenvalue weighted by molar-refractivity contribution is -0.123. The number of rotatable bonds is 6. The van der Waals surface area contributed by atoms with Crippen LogP contribution in [0.1, 0.15) is 27.6 Å². The van der Waals surface area contributed by atoms with Crippen molar-refractivity contribution in [2.24, 2.45) is 5.73 Å². The van der Waals surface area contributed by atoms with Crippen molar-refractivity contribution in [3.8, 4) is 0 Å². The molecule has 0 aromatic heterocycles. The van der Waals surface area contributed by atoms with E-state index in [4.69, 9.17) is 10.5 Å². The molecule has 0 aliphatic heterocycles. The maximum absolute atomic E-state index is 12.2. The van der Waals surface area contributed by atoms with Crippen LogP contribution in [0.4, 0.5) is 5.69 Å². The summed E-state index contributed by atoms with van der Waals surface area (Å²) >= 11 is 1.43. The van der Waals surface area contributed by atoms with Gasteiger partial charge in [0, 0.05) is 16.1 Å². The zero-order valence-corrected chi connectivity index (χ0v) is 14.6. The molecule has 0 heterocycles. The molecule has 1 atom stereocenters. The molecule has 2 amide bonds. The zero-order chi connectivity index (χ0) is 18.4. The van der Waals surface area contributed by atoms with E-state index in [2.05, 4.69) is 5.32 Å². The average molecular weight is 358 g/mol. The molecule has 2 aromatic rings. The van der Waals surface area contributed by atoms with Gasteiger partial charge in [-0.2, -0.15) is 0 Å². The predicted octanol–water partition coefficient (Wildman–Crippen LogP) is 2.69. The molecular formula is C18H18N2O4S. The minimum atomic E-state index is -0.974. The lowest BCUT2D eigenvalue weighted by Gasteiger charge is -2.14. The van der Waals surface area contributed by atoms with Gasteiger partial charge in [-0.3, -0.25) is 9.59 Å². The van der Waals surface area contributed by atoms with Gasteiger partial charge in [0.1, 0.15) is 0 Å². The van der Waals surface area contributed by atoms with Gasteiger partial charge < -0.3 is 15.8 Å². The number of nitrogens with one attached hydrogen (secondary N) is 1. The molecule has 0 fully saturated rings. The van der Waals surface area contributed by atoms with Crippen molar-refractivity contribution in [2.45, 2.75) is 17.9 Å². The molecule has 0 aliphatic carbocycles. The molecule has 0 radical (unpaired) electrons. The fourth-order valence-corrected chi connectivity index (χ4v) is 2.64. The van der Waals surface area contributed by atoms with E-state index in [1.165, 1.54) is 30.8 Å². The van der Waals surface area contributed by atoms with Crippen LogP contribution in [0, 0.1) is 0 Å². The quantitative estimate of drug-likeness (QED) is 0.611. The molecule has 0 saturated heterocycles. The van der Waals surface area contributed by atoms with E-state index in [0.29, 0.717) is 16.8 Å². The van der Waals surface area contributed by atoms with Gasteiger partial charge in [-0.1, -0.05) is 12.1 Å². The summed E-state index contributed by atoms with van der Waals surface area (Å²) in [6.07, 6.45) is 0.885. The minimum absolute atomic E-state index is 0.339. The van der Waals surface area contributed by atoms with Crippen LogP contribution in [0.15, 0.2) is 53.4 Å². The van der Waals surface area contributed by atoms with Crippen LogP contribution < -0.4 is 11.1 Å². The highest BCUT2D eigenvalue weighted by atomic mass is 32.2. The normalized spacial score (nSPS) is 11.4. The summed E-state index contributed by atoms with van der Waals surface area (Å²) in [7, 11) is 0. The zero-order valence-electron chi connectivity index (χ0n) is 13.8. The Labute approximate surface area is 149 Å². The number of benzene rings is 2. The van der Waals surface area contributed by atoms with Gasteiger partial charge in [0.05, 0.1) is 5.56 Å².